The highest BCUT2D eigenvalue weighted by atomic mass is 32.1. The van der Waals surface area contributed by atoms with Crippen molar-refractivity contribution in [2.75, 3.05) is 6.61 Å². The maximum Gasteiger partial charge on any atom is 0.324 e. The summed E-state index contributed by atoms with van der Waals surface area (Å²) in [7, 11) is 0. The van der Waals surface area contributed by atoms with E-state index < -0.39 is 10.5 Å². The summed E-state index contributed by atoms with van der Waals surface area (Å²) in [4.78, 5) is 22.5. The van der Waals surface area contributed by atoms with E-state index in [0.29, 0.717) is 4.88 Å². The van der Waals surface area contributed by atoms with E-state index in [4.69, 9.17) is 0 Å². The topological polar surface area (TPSA) is 92.5 Å². The fourth-order valence-corrected chi connectivity index (χ4v) is 3.12. The van der Waals surface area contributed by atoms with Gasteiger partial charge in [0.1, 0.15) is 0 Å². The van der Waals surface area contributed by atoms with E-state index in [1.807, 2.05) is 0 Å². The smallest absolute Gasteiger partial charge is 0.324 e. The summed E-state index contributed by atoms with van der Waals surface area (Å²) in [5, 5.41) is 22.9. The molecule has 1 saturated carbocycles. The van der Waals surface area contributed by atoms with Crippen LogP contribution in [0.4, 0.5) is 5.00 Å². The van der Waals surface area contributed by atoms with Crippen LogP contribution in [0, 0.1) is 10.1 Å². The maximum atomic E-state index is 12.1. The third-order valence-electron chi connectivity index (χ3n) is 3.49. The van der Waals surface area contributed by atoms with Crippen molar-refractivity contribution < 1.29 is 14.8 Å². The lowest BCUT2D eigenvalue weighted by Crippen LogP contribution is -2.52. The van der Waals surface area contributed by atoms with Crippen molar-refractivity contribution in [3.05, 3.63) is 27.1 Å². The Morgan fingerprint density at radius 2 is 2.11 bits per heavy atom. The largest absolute Gasteiger partial charge is 0.394 e. The first kappa shape index (κ1) is 14.0. The van der Waals surface area contributed by atoms with E-state index in [0.717, 1.165) is 43.4 Å². The van der Waals surface area contributed by atoms with Crippen LogP contribution < -0.4 is 5.32 Å². The van der Waals surface area contributed by atoms with Crippen LogP contribution in [0.5, 0.6) is 0 Å². The number of rotatable bonds is 4. The third-order valence-corrected chi connectivity index (χ3v) is 4.52. The zero-order chi connectivity index (χ0) is 13.9. The van der Waals surface area contributed by atoms with Gasteiger partial charge in [-0.25, -0.2) is 0 Å². The van der Waals surface area contributed by atoms with Crippen molar-refractivity contribution in [1.29, 1.82) is 0 Å². The number of carbonyl (C=O) groups excluding carboxylic acids is 1. The standard InChI is InChI=1S/C12H16N2O4S/c15-8-12(6-2-1-3-7-12)13-11(16)9-4-5-10(19-9)14(17)18/h4-5,15H,1-3,6-8H2,(H,13,16). The molecule has 0 saturated heterocycles. The Bertz CT molecular complexity index is 480. The normalized spacial score (nSPS) is 17.9. The molecular formula is C12H16N2O4S. The number of hydrogen-bond donors (Lipinski definition) is 2. The second-order valence-corrected chi connectivity index (χ2v) is 5.91. The Labute approximate surface area is 114 Å². The number of nitrogens with one attached hydrogen (secondary N) is 1. The molecular weight excluding hydrogens is 268 g/mol. The Hall–Kier alpha value is -1.47. The summed E-state index contributed by atoms with van der Waals surface area (Å²) < 4.78 is 0. The Morgan fingerprint density at radius 1 is 1.42 bits per heavy atom. The van der Waals surface area contributed by atoms with Crippen molar-refractivity contribution in [2.45, 2.75) is 37.6 Å². The predicted octanol–water partition coefficient (Wildman–Crippen LogP) is 2.08. The van der Waals surface area contributed by atoms with Crippen molar-refractivity contribution in [3.63, 3.8) is 0 Å². The van der Waals surface area contributed by atoms with Crippen LogP contribution in [0.1, 0.15) is 41.8 Å². The molecule has 0 aromatic carbocycles. The monoisotopic (exact) mass is 284 g/mol. The molecule has 2 N–H and O–H groups in total. The van der Waals surface area contributed by atoms with E-state index in [9.17, 15) is 20.0 Å². The molecule has 0 atom stereocenters. The minimum absolute atomic E-state index is 0.0492. The van der Waals surface area contributed by atoms with Crippen molar-refractivity contribution in [2.24, 2.45) is 0 Å². The second kappa shape index (κ2) is 5.66. The van der Waals surface area contributed by atoms with Gasteiger partial charge in [-0.3, -0.25) is 14.9 Å². The second-order valence-electron chi connectivity index (χ2n) is 4.85. The van der Waals surface area contributed by atoms with Crippen molar-refractivity contribution in [3.8, 4) is 0 Å². The molecule has 104 valence electrons. The SMILES string of the molecule is O=C(NC1(CO)CCCCC1)c1ccc([N+](=O)[O-])s1. The van der Waals surface area contributed by atoms with Gasteiger partial charge in [0.05, 0.1) is 21.9 Å². The molecule has 0 spiro atoms. The summed E-state index contributed by atoms with van der Waals surface area (Å²) in [5.74, 6) is -0.339. The number of amides is 1. The van der Waals surface area contributed by atoms with Crippen LogP contribution in [0.2, 0.25) is 0 Å². The number of thiophene rings is 1. The summed E-state index contributed by atoms with van der Waals surface area (Å²) in [5.41, 5.74) is -0.561. The lowest BCUT2D eigenvalue weighted by atomic mass is 9.82. The van der Waals surface area contributed by atoms with Crippen molar-refractivity contribution in [1.82, 2.24) is 5.32 Å². The minimum Gasteiger partial charge on any atom is -0.394 e. The molecule has 7 heteroatoms. The molecule has 0 bridgehead atoms. The van der Waals surface area contributed by atoms with Gasteiger partial charge >= 0.3 is 5.00 Å². The Balaban J connectivity index is 2.08. The zero-order valence-corrected chi connectivity index (χ0v) is 11.2. The van der Waals surface area contributed by atoms with Crippen molar-refractivity contribution >= 4 is 22.2 Å². The molecule has 1 heterocycles. The fourth-order valence-electron chi connectivity index (χ4n) is 2.40. The molecule has 0 aliphatic heterocycles. The van der Waals surface area contributed by atoms with Crippen LogP contribution >= 0.6 is 11.3 Å². The predicted molar refractivity (Wildman–Crippen MR) is 71.3 cm³/mol. The van der Waals surface area contributed by atoms with Crippen LogP contribution in [0.3, 0.4) is 0 Å². The first-order chi connectivity index (χ1) is 9.06. The van der Waals surface area contributed by atoms with Gasteiger partial charge in [-0.2, -0.15) is 0 Å². The third kappa shape index (κ3) is 3.10. The van der Waals surface area contributed by atoms with Gasteiger partial charge in [0.15, 0.2) is 0 Å². The number of aliphatic hydroxyl groups excluding tert-OH is 1. The van der Waals surface area contributed by atoms with Gasteiger partial charge in [0.25, 0.3) is 5.91 Å². The van der Waals surface area contributed by atoms with Gasteiger partial charge in [0.2, 0.25) is 0 Å². The van der Waals surface area contributed by atoms with Gasteiger partial charge in [-0.05, 0) is 18.9 Å². The number of nitro groups is 1. The lowest BCUT2D eigenvalue weighted by Gasteiger charge is -2.36. The molecule has 1 aliphatic rings. The van der Waals surface area contributed by atoms with Gasteiger partial charge in [-0.1, -0.05) is 30.6 Å². The van der Waals surface area contributed by atoms with E-state index >= 15 is 0 Å². The maximum absolute atomic E-state index is 12.1. The lowest BCUT2D eigenvalue weighted by molar-refractivity contribution is -0.380. The minimum atomic E-state index is -0.561. The summed E-state index contributed by atoms with van der Waals surface area (Å²) in [6, 6.07) is 2.78. The summed E-state index contributed by atoms with van der Waals surface area (Å²) in [6.07, 6.45) is 4.57. The molecule has 1 amide bonds. The highest BCUT2D eigenvalue weighted by Gasteiger charge is 2.33. The van der Waals surface area contributed by atoms with Crippen LogP contribution in [-0.2, 0) is 0 Å². The molecule has 1 aromatic rings. The van der Waals surface area contributed by atoms with Crippen LogP contribution in [-0.4, -0.2) is 28.1 Å². The molecule has 19 heavy (non-hydrogen) atoms. The number of nitrogens with zero attached hydrogens (tertiary/aromatic N) is 1. The van der Waals surface area contributed by atoms with Crippen LogP contribution in [0.15, 0.2) is 12.1 Å². The van der Waals surface area contributed by atoms with Gasteiger partial charge in [0, 0.05) is 6.07 Å². The van der Waals surface area contributed by atoms with E-state index in [2.05, 4.69) is 5.32 Å². The summed E-state index contributed by atoms with van der Waals surface area (Å²) >= 11 is 0.854. The Morgan fingerprint density at radius 3 is 2.63 bits per heavy atom. The molecule has 1 fully saturated rings. The number of aliphatic hydroxyl groups is 1. The quantitative estimate of drug-likeness (QED) is 0.654. The molecule has 6 nitrogen and oxygen atoms in total. The molecule has 1 aliphatic carbocycles. The fraction of sp³-hybridized carbons (Fsp3) is 0.583. The summed E-state index contributed by atoms with van der Waals surface area (Å²) in [6.45, 7) is -0.0911. The van der Waals surface area contributed by atoms with Gasteiger partial charge in [-0.15, -0.1) is 0 Å². The number of hydrogen-bond acceptors (Lipinski definition) is 5. The number of carbonyl (C=O) groups is 1. The highest BCUT2D eigenvalue weighted by molar-refractivity contribution is 7.17. The molecule has 0 unspecified atom stereocenters. The van der Waals surface area contributed by atoms with E-state index in [1.165, 1.54) is 12.1 Å². The zero-order valence-electron chi connectivity index (χ0n) is 10.4. The first-order valence-corrected chi connectivity index (χ1v) is 7.06. The molecule has 1 aromatic heterocycles. The highest BCUT2D eigenvalue weighted by Crippen LogP contribution is 2.29. The van der Waals surface area contributed by atoms with E-state index in [1.54, 1.807) is 0 Å². The average Bonchev–Trinajstić information content (AvgIpc) is 2.89. The molecule has 0 radical (unpaired) electrons. The van der Waals surface area contributed by atoms with Crippen LogP contribution in [0.25, 0.3) is 0 Å². The van der Waals surface area contributed by atoms with Gasteiger partial charge < -0.3 is 10.4 Å². The molecule has 2 rings (SSSR count). The Kier molecular flexibility index (Phi) is 4.16. The van der Waals surface area contributed by atoms with E-state index in [-0.39, 0.29) is 17.5 Å². The first-order valence-electron chi connectivity index (χ1n) is 6.24. The average molecular weight is 284 g/mol.